The van der Waals surface area contributed by atoms with Crippen molar-refractivity contribution in [2.45, 2.75) is 18.7 Å². The average molecular weight is 352 g/mol. The molecule has 0 amide bonds. The molecule has 6 nitrogen and oxygen atoms in total. The first-order valence-electron chi connectivity index (χ1n) is 7.27. The van der Waals surface area contributed by atoms with Gasteiger partial charge in [-0.25, -0.2) is 9.59 Å². The maximum atomic E-state index is 11.9. The summed E-state index contributed by atoms with van der Waals surface area (Å²) in [4.78, 5) is 34.7. The maximum absolute atomic E-state index is 11.9. The molecule has 0 aliphatic rings. The monoisotopic (exact) mass is 352 g/mol. The van der Waals surface area contributed by atoms with Crippen LogP contribution in [0.5, 0.6) is 0 Å². The molecule has 1 atom stereocenters. The molecule has 1 unspecified atom stereocenters. The van der Waals surface area contributed by atoms with E-state index in [4.69, 9.17) is 14.6 Å². The van der Waals surface area contributed by atoms with Gasteiger partial charge < -0.3 is 14.6 Å². The fraction of sp³-hybridized carbons (Fsp3) is 0.353. The zero-order valence-corrected chi connectivity index (χ0v) is 14.4. The van der Waals surface area contributed by atoms with Crippen molar-refractivity contribution in [3.63, 3.8) is 0 Å². The lowest BCUT2D eigenvalue weighted by Gasteiger charge is -2.12. The van der Waals surface area contributed by atoms with Crippen molar-refractivity contribution < 1.29 is 29.0 Å². The summed E-state index contributed by atoms with van der Waals surface area (Å²) in [5.74, 6) is -2.00. The topological polar surface area (TPSA) is 89.9 Å². The van der Waals surface area contributed by atoms with E-state index in [1.54, 1.807) is 25.1 Å². The van der Waals surface area contributed by atoms with Crippen molar-refractivity contribution in [2.24, 2.45) is 5.92 Å². The number of benzene rings is 1. The second-order valence-corrected chi connectivity index (χ2v) is 6.16. The van der Waals surface area contributed by atoms with Crippen molar-refractivity contribution in [1.82, 2.24) is 0 Å². The normalized spacial score (nSPS) is 11.4. The average Bonchev–Trinajstić information content (AvgIpc) is 2.55. The van der Waals surface area contributed by atoms with Gasteiger partial charge in [0.05, 0.1) is 11.5 Å². The highest BCUT2D eigenvalue weighted by Gasteiger charge is 2.17. The summed E-state index contributed by atoms with van der Waals surface area (Å²) in [6.45, 7) is 6.61. The Kier molecular flexibility index (Phi) is 8.05. The molecule has 0 bridgehead atoms. The molecule has 1 aromatic carbocycles. The maximum Gasteiger partial charge on any atom is 0.336 e. The fourth-order valence-electron chi connectivity index (χ4n) is 1.59. The van der Waals surface area contributed by atoms with Gasteiger partial charge in [0, 0.05) is 16.2 Å². The van der Waals surface area contributed by atoms with Crippen molar-refractivity contribution in [3.8, 4) is 0 Å². The SMILES string of the molecule is C=C(C)C(=O)OCCOC(=O)C(C)CSc1ccccc1C(=O)O. The lowest BCUT2D eigenvalue weighted by Crippen LogP contribution is -2.20. The number of rotatable bonds is 9. The van der Waals surface area contributed by atoms with E-state index in [-0.39, 0.29) is 24.4 Å². The fourth-order valence-corrected chi connectivity index (χ4v) is 2.65. The molecule has 130 valence electrons. The zero-order chi connectivity index (χ0) is 18.1. The zero-order valence-electron chi connectivity index (χ0n) is 13.6. The number of thioether (sulfide) groups is 1. The van der Waals surface area contributed by atoms with E-state index < -0.39 is 23.8 Å². The van der Waals surface area contributed by atoms with E-state index >= 15 is 0 Å². The largest absolute Gasteiger partial charge is 0.478 e. The van der Waals surface area contributed by atoms with E-state index in [0.29, 0.717) is 10.6 Å². The Bertz CT molecular complexity index is 625. The summed E-state index contributed by atoms with van der Waals surface area (Å²) in [5.41, 5.74) is 0.484. The highest BCUT2D eigenvalue weighted by atomic mass is 32.2. The predicted molar refractivity (Wildman–Crippen MR) is 90.0 cm³/mol. The van der Waals surface area contributed by atoms with Crippen LogP contribution in [-0.4, -0.2) is 42.0 Å². The summed E-state index contributed by atoms with van der Waals surface area (Å²) in [6, 6.07) is 6.61. The van der Waals surface area contributed by atoms with Crippen molar-refractivity contribution in [2.75, 3.05) is 19.0 Å². The molecule has 1 N–H and O–H groups in total. The third-order valence-electron chi connectivity index (χ3n) is 2.92. The molecule has 0 spiro atoms. The van der Waals surface area contributed by atoms with Crippen molar-refractivity contribution in [3.05, 3.63) is 42.0 Å². The molecule has 0 radical (unpaired) electrons. The number of hydrogen-bond acceptors (Lipinski definition) is 6. The molecule has 1 aromatic rings. The van der Waals surface area contributed by atoms with Crippen molar-refractivity contribution in [1.29, 1.82) is 0 Å². The Labute approximate surface area is 144 Å². The number of ether oxygens (including phenoxy) is 2. The number of carboxylic acids is 1. The van der Waals surface area contributed by atoms with Gasteiger partial charge in [-0.15, -0.1) is 11.8 Å². The van der Waals surface area contributed by atoms with Crippen LogP contribution in [0.15, 0.2) is 41.3 Å². The Balaban J connectivity index is 2.39. The van der Waals surface area contributed by atoms with Crippen molar-refractivity contribution >= 4 is 29.7 Å². The van der Waals surface area contributed by atoms with Gasteiger partial charge in [-0.2, -0.15) is 0 Å². The number of hydrogen-bond donors (Lipinski definition) is 1. The van der Waals surface area contributed by atoms with Gasteiger partial charge in [-0.1, -0.05) is 25.6 Å². The molecule has 0 saturated heterocycles. The lowest BCUT2D eigenvalue weighted by molar-refractivity contribution is -0.152. The first-order chi connectivity index (χ1) is 11.3. The van der Waals surface area contributed by atoms with Crippen LogP contribution < -0.4 is 0 Å². The summed E-state index contributed by atoms with van der Waals surface area (Å²) in [7, 11) is 0. The smallest absolute Gasteiger partial charge is 0.336 e. The van der Waals surface area contributed by atoms with Crippen LogP contribution in [0.1, 0.15) is 24.2 Å². The highest BCUT2D eigenvalue weighted by molar-refractivity contribution is 7.99. The molecule has 0 aromatic heterocycles. The third-order valence-corrected chi connectivity index (χ3v) is 4.25. The Morgan fingerprint density at radius 2 is 1.83 bits per heavy atom. The molecule has 7 heteroatoms. The van der Waals surface area contributed by atoms with Gasteiger partial charge >= 0.3 is 17.9 Å². The van der Waals surface area contributed by atoms with Gasteiger partial charge in [0.25, 0.3) is 0 Å². The highest BCUT2D eigenvalue weighted by Crippen LogP contribution is 2.25. The molecule has 0 fully saturated rings. The van der Waals surface area contributed by atoms with Crippen LogP contribution in [0.3, 0.4) is 0 Å². The van der Waals surface area contributed by atoms with E-state index in [9.17, 15) is 14.4 Å². The number of esters is 2. The Hall–Kier alpha value is -2.28. The van der Waals surface area contributed by atoms with E-state index in [0.717, 1.165) is 0 Å². The number of carbonyl (C=O) groups is 3. The number of aromatic carboxylic acids is 1. The quantitative estimate of drug-likeness (QED) is 0.316. The summed E-state index contributed by atoms with van der Waals surface area (Å²) < 4.78 is 9.84. The Morgan fingerprint density at radius 1 is 1.21 bits per heavy atom. The van der Waals surface area contributed by atoms with Gasteiger partial charge in [-0.3, -0.25) is 4.79 Å². The standard InChI is InChI=1S/C17H20O6S/c1-11(2)16(20)22-8-9-23-17(21)12(3)10-24-14-7-5-4-6-13(14)15(18)19/h4-7,12H,1,8-10H2,2-3H3,(H,18,19). The minimum absolute atomic E-state index is 0.0286. The molecule has 0 aliphatic heterocycles. The van der Waals surface area contributed by atoms with Crippen LogP contribution in [0.4, 0.5) is 0 Å². The molecule has 0 saturated carbocycles. The molecule has 0 heterocycles. The number of carboxylic acid groups (broad SMARTS) is 1. The van der Waals surface area contributed by atoms with Crippen LogP contribution in [0.25, 0.3) is 0 Å². The minimum Gasteiger partial charge on any atom is -0.478 e. The van der Waals surface area contributed by atoms with Gasteiger partial charge in [0.15, 0.2) is 0 Å². The molecular weight excluding hydrogens is 332 g/mol. The first-order valence-corrected chi connectivity index (χ1v) is 8.26. The Morgan fingerprint density at radius 3 is 2.46 bits per heavy atom. The second-order valence-electron chi connectivity index (χ2n) is 5.10. The van der Waals surface area contributed by atoms with Crippen LogP contribution in [-0.2, 0) is 19.1 Å². The molecular formula is C17H20O6S. The van der Waals surface area contributed by atoms with Crippen LogP contribution in [0, 0.1) is 5.92 Å². The van der Waals surface area contributed by atoms with Crippen LogP contribution >= 0.6 is 11.8 Å². The van der Waals surface area contributed by atoms with E-state index in [2.05, 4.69) is 6.58 Å². The van der Waals surface area contributed by atoms with Gasteiger partial charge in [0.1, 0.15) is 13.2 Å². The molecule has 0 aliphatic carbocycles. The van der Waals surface area contributed by atoms with Crippen LogP contribution in [0.2, 0.25) is 0 Å². The van der Waals surface area contributed by atoms with E-state index in [1.165, 1.54) is 24.8 Å². The first kappa shape index (κ1) is 19.8. The molecule has 1 rings (SSSR count). The lowest BCUT2D eigenvalue weighted by atomic mass is 10.2. The third kappa shape index (κ3) is 6.45. The summed E-state index contributed by atoms with van der Waals surface area (Å²) >= 11 is 1.28. The van der Waals surface area contributed by atoms with Gasteiger partial charge in [0.2, 0.25) is 0 Å². The van der Waals surface area contributed by atoms with Gasteiger partial charge in [-0.05, 0) is 19.1 Å². The molecule has 24 heavy (non-hydrogen) atoms. The minimum atomic E-state index is -1.01. The number of carbonyl (C=O) groups excluding carboxylic acids is 2. The summed E-state index contributed by atoms with van der Waals surface area (Å²) in [5, 5.41) is 9.11. The predicted octanol–water partition coefficient (Wildman–Crippen LogP) is 2.78. The summed E-state index contributed by atoms with van der Waals surface area (Å²) in [6.07, 6.45) is 0. The second kappa shape index (κ2) is 9.77. The van der Waals surface area contributed by atoms with E-state index in [1.807, 2.05) is 0 Å².